The number of nitrogens with zero attached hydrogens (tertiary/aromatic N) is 2. The van der Waals surface area contributed by atoms with Gasteiger partial charge in [0.2, 0.25) is 0 Å². The van der Waals surface area contributed by atoms with Crippen LogP contribution in [-0.4, -0.2) is 37.2 Å². The largest absolute Gasteiger partial charge is 0.507 e. The molecule has 2 aromatic rings. The van der Waals surface area contributed by atoms with Gasteiger partial charge in [0.15, 0.2) is 6.61 Å². The van der Waals surface area contributed by atoms with Crippen LogP contribution in [0.3, 0.4) is 0 Å². The highest BCUT2D eigenvalue weighted by molar-refractivity contribution is 9.10. The van der Waals surface area contributed by atoms with Crippen LogP contribution in [0.4, 0.5) is 0 Å². The molecule has 0 radical (unpaired) electrons. The maximum absolute atomic E-state index is 11.6. The van der Waals surface area contributed by atoms with Crippen LogP contribution >= 0.6 is 15.9 Å². The van der Waals surface area contributed by atoms with E-state index in [9.17, 15) is 9.90 Å². The highest BCUT2D eigenvalue weighted by Gasteiger charge is 2.01. The van der Waals surface area contributed by atoms with Gasteiger partial charge in [-0.15, -0.1) is 0 Å². The molecule has 0 aliphatic heterocycles. The van der Waals surface area contributed by atoms with Crippen molar-refractivity contribution in [2.45, 2.75) is 0 Å². The zero-order valence-electron chi connectivity index (χ0n) is 13.3. The van der Waals surface area contributed by atoms with Gasteiger partial charge in [-0.1, -0.05) is 21.1 Å². The van der Waals surface area contributed by atoms with E-state index in [4.69, 9.17) is 9.57 Å². The summed E-state index contributed by atoms with van der Waals surface area (Å²) in [7, 11) is 1.59. The molecule has 0 heterocycles. The quantitative estimate of drug-likeness (QED) is 0.546. The topological polar surface area (TPSA) is 92.5 Å². The van der Waals surface area contributed by atoms with Crippen molar-refractivity contribution in [2.24, 2.45) is 10.3 Å². The van der Waals surface area contributed by atoms with Gasteiger partial charge in [0.25, 0.3) is 5.91 Å². The van der Waals surface area contributed by atoms with Crippen LogP contribution in [-0.2, 0) is 9.63 Å². The predicted octanol–water partition coefficient (Wildman–Crippen LogP) is 2.66. The smallest absolute Gasteiger partial charge is 0.280 e. The Bertz CT molecular complexity index is 776. The highest BCUT2D eigenvalue weighted by Crippen LogP contribution is 2.19. The fourth-order valence-electron chi connectivity index (χ4n) is 1.72. The first-order chi connectivity index (χ1) is 12.1. The molecule has 2 N–H and O–H groups in total. The minimum atomic E-state index is -0.474. The van der Waals surface area contributed by atoms with Crippen LogP contribution in [0.15, 0.2) is 57.2 Å². The molecule has 0 saturated carbocycles. The Hall–Kier alpha value is -2.87. The zero-order valence-corrected chi connectivity index (χ0v) is 14.9. The van der Waals surface area contributed by atoms with Gasteiger partial charge in [0.05, 0.1) is 19.5 Å². The molecule has 0 aliphatic rings. The normalized spacial score (nSPS) is 11.0. The van der Waals surface area contributed by atoms with Gasteiger partial charge in [0.1, 0.15) is 11.5 Å². The number of phenolic OH excluding ortho intramolecular Hbond substituents is 1. The lowest BCUT2D eigenvalue weighted by atomic mass is 10.2. The lowest BCUT2D eigenvalue weighted by molar-refractivity contribution is -0.125. The Balaban J connectivity index is 1.75. The number of rotatable bonds is 7. The van der Waals surface area contributed by atoms with Gasteiger partial charge in [-0.2, -0.15) is 5.10 Å². The molecule has 7 nitrogen and oxygen atoms in total. The van der Waals surface area contributed by atoms with E-state index < -0.39 is 5.91 Å². The molecule has 1 amide bonds. The van der Waals surface area contributed by atoms with Crippen molar-refractivity contribution >= 4 is 34.3 Å². The van der Waals surface area contributed by atoms with Gasteiger partial charge >= 0.3 is 0 Å². The van der Waals surface area contributed by atoms with Crippen molar-refractivity contribution in [2.75, 3.05) is 13.7 Å². The number of hydrogen-bond acceptors (Lipinski definition) is 6. The van der Waals surface area contributed by atoms with Crippen LogP contribution < -0.4 is 10.2 Å². The van der Waals surface area contributed by atoms with Crippen molar-refractivity contribution in [3.8, 4) is 11.5 Å². The summed E-state index contributed by atoms with van der Waals surface area (Å²) in [4.78, 5) is 16.5. The van der Waals surface area contributed by atoms with E-state index in [0.717, 1.165) is 15.8 Å². The highest BCUT2D eigenvalue weighted by atomic mass is 79.9. The molecular weight excluding hydrogens is 390 g/mol. The number of halogens is 1. The SMILES string of the molecule is COc1ccc(/C=N/OCC(=O)N/N=C\c2cc(Br)ccc2O)cc1. The summed E-state index contributed by atoms with van der Waals surface area (Å²) in [6.07, 6.45) is 2.81. The van der Waals surface area contributed by atoms with E-state index in [1.807, 2.05) is 0 Å². The minimum Gasteiger partial charge on any atom is -0.507 e. The first-order valence-electron chi connectivity index (χ1n) is 7.18. The molecule has 2 rings (SSSR count). The fourth-order valence-corrected chi connectivity index (χ4v) is 2.10. The number of benzene rings is 2. The number of hydrazone groups is 1. The van der Waals surface area contributed by atoms with Crippen LogP contribution in [0, 0.1) is 0 Å². The number of nitrogens with one attached hydrogen (secondary N) is 1. The number of carbonyl (C=O) groups excluding carboxylic acids is 1. The predicted molar refractivity (Wildman–Crippen MR) is 98.1 cm³/mol. The molecule has 2 aromatic carbocycles. The Morgan fingerprint density at radius 3 is 2.72 bits per heavy atom. The van der Waals surface area contributed by atoms with Crippen LogP contribution in [0.1, 0.15) is 11.1 Å². The second-order valence-corrected chi connectivity index (χ2v) is 5.69. The monoisotopic (exact) mass is 405 g/mol. The van der Waals surface area contributed by atoms with Crippen molar-refractivity contribution in [3.05, 3.63) is 58.1 Å². The number of aromatic hydroxyl groups is 1. The molecular formula is C17H16BrN3O4. The molecule has 0 unspecified atom stereocenters. The summed E-state index contributed by atoms with van der Waals surface area (Å²) in [6, 6.07) is 12.1. The molecule has 0 bridgehead atoms. The maximum Gasteiger partial charge on any atom is 0.280 e. The van der Waals surface area contributed by atoms with Gasteiger partial charge < -0.3 is 14.7 Å². The second kappa shape index (κ2) is 9.43. The Kier molecular flexibility index (Phi) is 6.97. The first-order valence-corrected chi connectivity index (χ1v) is 7.97. The van der Waals surface area contributed by atoms with E-state index in [0.29, 0.717) is 5.56 Å². The lowest BCUT2D eigenvalue weighted by Crippen LogP contribution is -2.22. The zero-order chi connectivity index (χ0) is 18.1. The molecule has 130 valence electrons. The second-order valence-electron chi connectivity index (χ2n) is 4.78. The molecule has 0 aliphatic carbocycles. The molecule has 8 heteroatoms. The maximum atomic E-state index is 11.6. The van der Waals surface area contributed by atoms with Crippen molar-refractivity contribution < 1.29 is 19.5 Å². The lowest BCUT2D eigenvalue weighted by Gasteiger charge is -2.01. The molecule has 0 saturated heterocycles. The summed E-state index contributed by atoms with van der Waals surface area (Å²) in [6.45, 7) is -0.283. The number of oxime groups is 1. The number of amides is 1. The standard InChI is InChI=1S/C17H16BrN3O4/c1-24-15-5-2-12(3-6-15)9-20-25-11-17(23)21-19-10-13-8-14(18)4-7-16(13)22/h2-10,22H,11H2,1H3,(H,21,23)/b19-10-,20-9+. The summed E-state index contributed by atoms with van der Waals surface area (Å²) >= 11 is 3.28. The average Bonchev–Trinajstić information content (AvgIpc) is 2.62. The first kappa shape index (κ1) is 18.5. The van der Waals surface area contributed by atoms with E-state index in [1.165, 1.54) is 18.5 Å². The number of phenols is 1. The number of hydrogen-bond donors (Lipinski definition) is 2. The number of ether oxygens (including phenoxy) is 1. The van der Waals surface area contributed by atoms with Crippen LogP contribution in [0.5, 0.6) is 11.5 Å². The van der Waals surface area contributed by atoms with Gasteiger partial charge in [-0.25, -0.2) is 5.43 Å². The van der Waals surface area contributed by atoms with Crippen LogP contribution in [0.2, 0.25) is 0 Å². The van der Waals surface area contributed by atoms with E-state index in [-0.39, 0.29) is 12.4 Å². The summed E-state index contributed by atoms with van der Waals surface area (Å²) < 4.78 is 5.84. The molecule has 0 fully saturated rings. The van der Waals surface area contributed by atoms with E-state index >= 15 is 0 Å². The summed E-state index contributed by atoms with van der Waals surface area (Å²) in [5.74, 6) is 0.325. The summed E-state index contributed by atoms with van der Waals surface area (Å²) in [5.41, 5.74) is 3.56. The number of methoxy groups -OCH3 is 1. The fraction of sp³-hybridized carbons (Fsp3) is 0.118. The molecule has 0 aromatic heterocycles. The van der Waals surface area contributed by atoms with E-state index in [2.05, 4.69) is 31.6 Å². The summed E-state index contributed by atoms with van der Waals surface area (Å²) in [5, 5.41) is 17.1. The third-order valence-corrected chi connectivity index (χ3v) is 3.46. The van der Waals surface area contributed by atoms with Crippen molar-refractivity contribution in [1.29, 1.82) is 0 Å². The molecule has 25 heavy (non-hydrogen) atoms. The minimum absolute atomic E-state index is 0.0570. The average molecular weight is 406 g/mol. The molecule has 0 spiro atoms. The van der Waals surface area contributed by atoms with Gasteiger partial charge in [-0.3, -0.25) is 4.79 Å². The van der Waals surface area contributed by atoms with Gasteiger partial charge in [-0.05, 0) is 48.0 Å². The van der Waals surface area contributed by atoms with Crippen molar-refractivity contribution in [3.63, 3.8) is 0 Å². The Morgan fingerprint density at radius 2 is 2.00 bits per heavy atom. The third-order valence-electron chi connectivity index (χ3n) is 2.97. The van der Waals surface area contributed by atoms with Crippen molar-refractivity contribution in [1.82, 2.24) is 5.43 Å². The third kappa shape index (κ3) is 6.27. The Morgan fingerprint density at radius 1 is 1.24 bits per heavy atom. The Labute approximate surface area is 153 Å². The van der Waals surface area contributed by atoms with Crippen LogP contribution in [0.25, 0.3) is 0 Å². The number of carbonyl (C=O) groups is 1. The molecule has 0 atom stereocenters. The van der Waals surface area contributed by atoms with E-state index in [1.54, 1.807) is 43.5 Å². The van der Waals surface area contributed by atoms with Gasteiger partial charge in [0, 0.05) is 10.0 Å².